The van der Waals surface area contributed by atoms with Crippen molar-refractivity contribution in [2.24, 2.45) is 0 Å². The molecule has 0 aliphatic carbocycles. The van der Waals surface area contributed by atoms with E-state index < -0.39 is 11.9 Å². The molecule has 1 aliphatic heterocycles. The largest absolute Gasteiger partial charge is 0.490 e. The number of hydrogen-bond acceptors (Lipinski definition) is 3. The van der Waals surface area contributed by atoms with Crippen LogP contribution in [0.4, 0.5) is 9.18 Å². The molecule has 2 rings (SSSR count). The molecule has 1 amide bonds. The molecule has 0 unspecified atom stereocenters. The van der Waals surface area contributed by atoms with Crippen molar-refractivity contribution >= 4 is 11.9 Å². The van der Waals surface area contributed by atoms with Crippen molar-refractivity contribution in [3.63, 3.8) is 0 Å². The lowest BCUT2D eigenvalue weighted by Crippen LogP contribution is -2.41. The highest BCUT2D eigenvalue weighted by Crippen LogP contribution is 2.22. The SMILES string of the molecule is CC(=O)c1ccc(OC2CCN(C(=O)O)CC2)cc1F. The third-order valence-electron chi connectivity index (χ3n) is 3.34. The Balaban J connectivity index is 1.96. The van der Waals surface area contributed by atoms with Crippen LogP contribution in [-0.4, -0.2) is 41.1 Å². The number of carbonyl (C=O) groups is 2. The standard InChI is InChI=1S/C14H16FNO4/c1-9(17)12-3-2-11(8-13(12)15)20-10-4-6-16(7-5-10)14(18)19/h2-3,8,10H,4-7H2,1H3,(H,18,19). The number of hydrogen-bond donors (Lipinski definition) is 1. The van der Waals surface area contributed by atoms with E-state index in [1.54, 1.807) is 6.07 Å². The predicted molar refractivity (Wildman–Crippen MR) is 69.7 cm³/mol. The molecule has 1 saturated heterocycles. The minimum atomic E-state index is -0.930. The first-order valence-electron chi connectivity index (χ1n) is 6.42. The number of Topliss-reactive ketones (excluding diaryl/α,β-unsaturated/α-hetero) is 1. The first-order chi connectivity index (χ1) is 9.47. The molecule has 0 atom stereocenters. The van der Waals surface area contributed by atoms with Crippen molar-refractivity contribution in [1.29, 1.82) is 0 Å². The summed E-state index contributed by atoms with van der Waals surface area (Å²) in [6.07, 6.45) is 0.0820. The molecule has 1 heterocycles. The van der Waals surface area contributed by atoms with Gasteiger partial charge in [0.2, 0.25) is 0 Å². The fourth-order valence-corrected chi connectivity index (χ4v) is 2.21. The highest BCUT2D eigenvalue weighted by molar-refractivity contribution is 5.94. The fourth-order valence-electron chi connectivity index (χ4n) is 2.21. The Morgan fingerprint density at radius 3 is 2.50 bits per heavy atom. The van der Waals surface area contributed by atoms with Gasteiger partial charge >= 0.3 is 6.09 Å². The van der Waals surface area contributed by atoms with Crippen LogP contribution in [0.25, 0.3) is 0 Å². The normalized spacial score (nSPS) is 16.0. The third-order valence-corrected chi connectivity index (χ3v) is 3.34. The number of ketones is 1. The van der Waals surface area contributed by atoms with Gasteiger partial charge in [0, 0.05) is 32.0 Å². The summed E-state index contributed by atoms with van der Waals surface area (Å²) in [6, 6.07) is 4.16. The van der Waals surface area contributed by atoms with Crippen LogP contribution in [-0.2, 0) is 0 Å². The summed E-state index contributed by atoms with van der Waals surface area (Å²) < 4.78 is 19.3. The molecule has 1 N–H and O–H groups in total. The summed E-state index contributed by atoms with van der Waals surface area (Å²) in [5.41, 5.74) is 0.0399. The molecule has 0 bridgehead atoms. The lowest BCUT2D eigenvalue weighted by atomic mass is 10.1. The summed E-state index contributed by atoms with van der Waals surface area (Å²) in [4.78, 5) is 23.2. The number of ether oxygens (including phenoxy) is 1. The molecule has 1 aromatic rings. The Morgan fingerprint density at radius 2 is 2.00 bits per heavy atom. The van der Waals surface area contributed by atoms with E-state index in [9.17, 15) is 14.0 Å². The van der Waals surface area contributed by atoms with E-state index in [0.29, 0.717) is 31.7 Å². The third kappa shape index (κ3) is 3.26. The van der Waals surface area contributed by atoms with Gasteiger partial charge in [-0.2, -0.15) is 0 Å². The van der Waals surface area contributed by atoms with Crippen LogP contribution in [0.5, 0.6) is 5.75 Å². The number of carboxylic acid groups (broad SMARTS) is 1. The van der Waals surface area contributed by atoms with Crippen LogP contribution in [0.3, 0.4) is 0 Å². The monoisotopic (exact) mass is 281 g/mol. The van der Waals surface area contributed by atoms with E-state index >= 15 is 0 Å². The number of amides is 1. The van der Waals surface area contributed by atoms with E-state index in [-0.39, 0.29) is 17.5 Å². The van der Waals surface area contributed by atoms with Crippen LogP contribution in [0.15, 0.2) is 18.2 Å². The van der Waals surface area contributed by atoms with Gasteiger partial charge in [-0.05, 0) is 19.1 Å². The van der Waals surface area contributed by atoms with Crippen LogP contribution in [0, 0.1) is 5.82 Å². The Hall–Kier alpha value is -2.11. The van der Waals surface area contributed by atoms with Crippen molar-refractivity contribution in [2.45, 2.75) is 25.9 Å². The van der Waals surface area contributed by atoms with Gasteiger partial charge in [-0.3, -0.25) is 4.79 Å². The van der Waals surface area contributed by atoms with Crippen LogP contribution in [0.2, 0.25) is 0 Å². The molecular weight excluding hydrogens is 265 g/mol. The van der Waals surface area contributed by atoms with E-state index in [1.807, 2.05) is 0 Å². The Morgan fingerprint density at radius 1 is 1.35 bits per heavy atom. The van der Waals surface area contributed by atoms with Crippen molar-refractivity contribution in [3.8, 4) is 5.75 Å². The second-order valence-corrected chi connectivity index (χ2v) is 4.78. The lowest BCUT2D eigenvalue weighted by Gasteiger charge is -2.30. The van der Waals surface area contributed by atoms with Crippen molar-refractivity contribution in [3.05, 3.63) is 29.6 Å². The molecule has 0 aromatic heterocycles. The molecule has 1 fully saturated rings. The molecule has 0 spiro atoms. The summed E-state index contributed by atoms with van der Waals surface area (Å²) >= 11 is 0. The summed E-state index contributed by atoms with van der Waals surface area (Å²) in [6.45, 7) is 2.13. The first kappa shape index (κ1) is 14.3. The topological polar surface area (TPSA) is 66.8 Å². The summed E-state index contributed by atoms with van der Waals surface area (Å²) in [5, 5.41) is 8.84. The average Bonchev–Trinajstić information content (AvgIpc) is 2.39. The highest BCUT2D eigenvalue weighted by atomic mass is 19.1. The van der Waals surface area contributed by atoms with Gasteiger partial charge in [-0.25, -0.2) is 9.18 Å². The average molecular weight is 281 g/mol. The minimum Gasteiger partial charge on any atom is -0.490 e. The van der Waals surface area contributed by atoms with Crippen molar-refractivity contribution in [2.75, 3.05) is 13.1 Å². The van der Waals surface area contributed by atoms with Crippen LogP contribution < -0.4 is 4.74 Å². The smallest absolute Gasteiger partial charge is 0.407 e. The molecule has 6 heteroatoms. The molecule has 108 valence electrons. The molecule has 0 saturated carbocycles. The van der Waals surface area contributed by atoms with E-state index in [1.165, 1.54) is 24.0 Å². The van der Waals surface area contributed by atoms with Gasteiger partial charge < -0.3 is 14.7 Å². The number of carbonyl (C=O) groups excluding carboxylic acids is 1. The minimum absolute atomic E-state index is 0.0399. The maximum absolute atomic E-state index is 13.6. The maximum atomic E-state index is 13.6. The second-order valence-electron chi connectivity index (χ2n) is 4.78. The highest BCUT2D eigenvalue weighted by Gasteiger charge is 2.23. The second kappa shape index (κ2) is 5.90. The van der Waals surface area contributed by atoms with Crippen molar-refractivity contribution < 1.29 is 23.8 Å². The molecule has 0 radical (unpaired) electrons. The number of likely N-dealkylation sites (tertiary alicyclic amines) is 1. The fraction of sp³-hybridized carbons (Fsp3) is 0.429. The van der Waals surface area contributed by atoms with Gasteiger partial charge in [-0.15, -0.1) is 0 Å². The number of piperidine rings is 1. The molecular formula is C14H16FNO4. The zero-order valence-corrected chi connectivity index (χ0v) is 11.1. The van der Waals surface area contributed by atoms with E-state index in [2.05, 4.69) is 0 Å². The maximum Gasteiger partial charge on any atom is 0.407 e. The van der Waals surface area contributed by atoms with Gasteiger partial charge in [0.25, 0.3) is 0 Å². The predicted octanol–water partition coefficient (Wildman–Crippen LogP) is 2.55. The van der Waals surface area contributed by atoms with E-state index in [4.69, 9.17) is 9.84 Å². The van der Waals surface area contributed by atoms with Gasteiger partial charge in [0.1, 0.15) is 17.7 Å². The quantitative estimate of drug-likeness (QED) is 0.865. The van der Waals surface area contributed by atoms with E-state index in [0.717, 1.165) is 0 Å². The number of halogens is 1. The Labute approximate surface area is 116 Å². The lowest BCUT2D eigenvalue weighted by molar-refractivity contribution is 0.0893. The van der Waals surface area contributed by atoms with Gasteiger partial charge in [-0.1, -0.05) is 0 Å². The zero-order chi connectivity index (χ0) is 14.7. The molecule has 1 aromatic carbocycles. The zero-order valence-electron chi connectivity index (χ0n) is 11.1. The number of rotatable bonds is 3. The molecule has 20 heavy (non-hydrogen) atoms. The number of nitrogens with zero attached hydrogens (tertiary/aromatic N) is 1. The van der Waals surface area contributed by atoms with Crippen LogP contribution in [0.1, 0.15) is 30.1 Å². The first-order valence-corrected chi connectivity index (χ1v) is 6.42. The summed E-state index contributed by atoms with van der Waals surface area (Å²) in [7, 11) is 0. The molecule has 5 nitrogen and oxygen atoms in total. The summed E-state index contributed by atoms with van der Waals surface area (Å²) in [5.74, 6) is -0.567. The van der Waals surface area contributed by atoms with Crippen LogP contribution >= 0.6 is 0 Å². The van der Waals surface area contributed by atoms with Gasteiger partial charge in [0.15, 0.2) is 5.78 Å². The van der Waals surface area contributed by atoms with Gasteiger partial charge in [0.05, 0.1) is 5.56 Å². The van der Waals surface area contributed by atoms with Crippen molar-refractivity contribution in [1.82, 2.24) is 4.90 Å². The Bertz CT molecular complexity index is 524. The number of benzene rings is 1. The Kier molecular flexibility index (Phi) is 4.22. The molecule has 1 aliphatic rings.